The average Bonchev–Trinajstić information content (AvgIpc) is 3.20. The van der Waals surface area contributed by atoms with Gasteiger partial charge >= 0.3 is 0 Å². The van der Waals surface area contributed by atoms with Crippen LogP contribution in [0.2, 0.25) is 0 Å². The van der Waals surface area contributed by atoms with Crippen molar-refractivity contribution in [3.63, 3.8) is 0 Å². The van der Waals surface area contributed by atoms with E-state index < -0.39 is 5.60 Å². The van der Waals surface area contributed by atoms with Gasteiger partial charge in [-0.25, -0.2) is 19.6 Å². The molecule has 3 aromatic rings. The third kappa shape index (κ3) is 2.16. The first-order valence-corrected chi connectivity index (χ1v) is 7.17. The number of hydrogen-bond donors (Lipinski definition) is 0. The number of anilines is 1. The molecule has 0 radical (unpaired) electrons. The van der Waals surface area contributed by atoms with Crippen LogP contribution in [0.5, 0.6) is 0 Å². The van der Waals surface area contributed by atoms with Crippen molar-refractivity contribution < 1.29 is 4.74 Å². The van der Waals surface area contributed by atoms with Gasteiger partial charge in [0.15, 0.2) is 0 Å². The largest absolute Gasteiger partial charge is 0.368 e. The van der Waals surface area contributed by atoms with Crippen molar-refractivity contribution in [1.29, 1.82) is 0 Å². The van der Waals surface area contributed by atoms with Gasteiger partial charge in [-0.3, -0.25) is 4.57 Å². The average molecular weight is 312 g/mol. The zero-order chi connectivity index (χ0) is 15.9. The Labute approximate surface area is 132 Å². The molecule has 0 unspecified atom stereocenters. The summed E-state index contributed by atoms with van der Waals surface area (Å²) in [5.41, 5.74) is 0.554. The van der Waals surface area contributed by atoms with E-state index in [4.69, 9.17) is 4.74 Å². The molecular formula is C14H16N8O. The Balaban J connectivity index is 1.58. The Hall–Kier alpha value is -2.81. The lowest BCUT2D eigenvalue weighted by molar-refractivity contribution is -0.0448. The highest BCUT2D eigenvalue weighted by Gasteiger charge is 2.48. The van der Waals surface area contributed by atoms with E-state index in [9.17, 15) is 0 Å². The summed E-state index contributed by atoms with van der Waals surface area (Å²) in [5.74, 6) is 1.64. The molecule has 0 N–H and O–H groups in total. The van der Waals surface area contributed by atoms with Crippen LogP contribution in [-0.2, 0) is 17.4 Å². The highest BCUT2D eigenvalue weighted by atomic mass is 16.5. The molecule has 9 nitrogen and oxygen atoms in total. The molecule has 9 heteroatoms. The van der Waals surface area contributed by atoms with Gasteiger partial charge in [0, 0.05) is 32.6 Å². The molecule has 0 atom stereocenters. The van der Waals surface area contributed by atoms with Crippen molar-refractivity contribution >= 4 is 5.82 Å². The van der Waals surface area contributed by atoms with E-state index in [0.29, 0.717) is 13.1 Å². The molecule has 23 heavy (non-hydrogen) atoms. The fourth-order valence-electron chi connectivity index (χ4n) is 2.88. The quantitative estimate of drug-likeness (QED) is 0.678. The van der Waals surface area contributed by atoms with E-state index in [1.54, 1.807) is 36.8 Å². The third-order valence-corrected chi connectivity index (χ3v) is 4.20. The molecule has 1 fully saturated rings. The monoisotopic (exact) mass is 312 g/mol. The third-order valence-electron chi connectivity index (χ3n) is 4.20. The number of imidazole rings is 1. The van der Waals surface area contributed by atoms with E-state index in [1.165, 1.54) is 0 Å². The Morgan fingerprint density at radius 3 is 2.70 bits per heavy atom. The molecule has 1 aliphatic heterocycles. The zero-order valence-electron chi connectivity index (χ0n) is 12.9. The molecule has 3 aromatic heterocycles. The molecule has 118 valence electrons. The topological polar surface area (TPSA) is 86.8 Å². The van der Waals surface area contributed by atoms with Gasteiger partial charge in [0.25, 0.3) is 0 Å². The van der Waals surface area contributed by atoms with Crippen LogP contribution in [0.25, 0.3) is 5.82 Å². The Bertz CT molecular complexity index is 806. The first-order valence-electron chi connectivity index (χ1n) is 7.17. The number of rotatable bonds is 4. The number of aryl methyl sites for hydroxylation is 1. The smallest absolute Gasteiger partial charge is 0.146 e. The van der Waals surface area contributed by atoms with Crippen molar-refractivity contribution in [1.82, 2.24) is 34.5 Å². The summed E-state index contributed by atoms with van der Waals surface area (Å²) in [6, 6.07) is 1.93. The molecule has 0 aliphatic carbocycles. The predicted octanol–water partition coefficient (Wildman–Crippen LogP) is 0.153. The zero-order valence-corrected chi connectivity index (χ0v) is 12.9. The van der Waals surface area contributed by atoms with Crippen molar-refractivity contribution in [3.05, 3.63) is 43.0 Å². The minimum atomic E-state index is -0.404. The number of nitrogens with zero attached hydrogens (tertiary/aromatic N) is 8. The standard InChI is InChI=1S/C14H16N8O/c1-20-11(6-18-19-20)14(23-2)7-22(8-14)13-5-12(16-9-17-13)21-4-3-15-10-21/h3-6,9-10H,7-8H2,1-2H3. The van der Waals surface area contributed by atoms with E-state index in [-0.39, 0.29) is 0 Å². The van der Waals surface area contributed by atoms with Gasteiger partial charge in [0.2, 0.25) is 0 Å². The first-order chi connectivity index (χ1) is 11.2. The van der Waals surface area contributed by atoms with E-state index in [2.05, 4.69) is 30.2 Å². The summed E-state index contributed by atoms with van der Waals surface area (Å²) in [6.45, 7) is 1.37. The maximum Gasteiger partial charge on any atom is 0.146 e. The summed E-state index contributed by atoms with van der Waals surface area (Å²) < 4.78 is 9.35. The Morgan fingerprint density at radius 2 is 2.04 bits per heavy atom. The molecule has 0 spiro atoms. The highest BCUT2D eigenvalue weighted by Crippen LogP contribution is 2.37. The molecule has 1 aliphatic rings. The van der Waals surface area contributed by atoms with Crippen molar-refractivity contribution in [3.8, 4) is 5.82 Å². The minimum absolute atomic E-state index is 0.404. The van der Waals surface area contributed by atoms with Gasteiger partial charge in [-0.05, 0) is 0 Å². The second kappa shape index (κ2) is 5.13. The molecule has 4 heterocycles. The van der Waals surface area contributed by atoms with Crippen LogP contribution in [0.15, 0.2) is 37.3 Å². The van der Waals surface area contributed by atoms with Crippen molar-refractivity contribution in [2.75, 3.05) is 25.1 Å². The fraction of sp³-hybridized carbons (Fsp3) is 0.357. The van der Waals surface area contributed by atoms with Crippen LogP contribution in [0, 0.1) is 0 Å². The molecule has 0 saturated carbocycles. The summed E-state index contributed by atoms with van der Waals surface area (Å²) >= 11 is 0. The number of hydrogen-bond acceptors (Lipinski definition) is 7. The van der Waals surface area contributed by atoms with Gasteiger partial charge in [-0.1, -0.05) is 5.21 Å². The Morgan fingerprint density at radius 1 is 1.22 bits per heavy atom. The van der Waals surface area contributed by atoms with Crippen LogP contribution in [0.4, 0.5) is 5.82 Å². The Kier molecular flexibility index (Phi) is 3.08. The summed E-state index contributed by atoms with van der Waals surface area (Å²) in [6.07, 6.45) is 8.59. The van der Waals surface area contributed by atoms with Crippen LogP contribution in [-0.4, -0.2) is 54.7 Å². The van der Waals surface area contributed by atoms with Crippen LogP contribution >= 0.6 is 0 Å². The highest BCUT2D eigenvalue weighted by molar-refractivity contribution is 5.48. The predicted molar refractivity (Wildman–Crippen MR) is 81.1 cm³/mol. The second-order valence-corrected chi connectivity index (χ2v) is 5.50. The van der Waals surface area contributed by atoms with Crippen LogP contribution < -0.4 is 4.90 Å². The van der Waals surface area contributed by atoms with E-state index in [1.807, 2.05) is 23.9 Å². The van der Waals surface area contributed by atoms with Gasteiger partial charge in [0.05, 0.1) is 25.0 Å². The van der Waals surface area contributed by atoms with Crippen LogP contribution in [0.1, 0.15) is 5.69 Å². The molecule has 1 saturated heterocycles. The lowest BCUT2D eigenvalue weighted by atomic mass is 9.90. The van der Waals surface area contributed by atoms with E-state index in [0.717, 1.165) is 17.3 Å². The maximum atomic E-state index is 5.75. The molecule has 4 rings (SSSR count). The number of ether oxygens (including phenoxy) is 1. The van der Waals surface area contributed by atoms with Gasteiger partial charge in [-0.2, -0.15) is 0 Å². The van der Waals surface area contributed by atoms with Gasteiger partial charge in [-0.15, -0.1) is 5.10 Å². The van der Waals surface area contributed by atoms with Gasteiger partial charge < -0.3 is 9.64 Å². The SMILES string of the molecule is COC1(c2cnnn2C)CN(c2cc(-n3ccnc3)ncn2)C1. The normalized spacial score (nSPS) is 16.3. The fourth-order valence-corrected chi connectivity index (χ4v) is 2.88. The number of methoxy groups -OCH3 is 1. The summed E-state index contributed by atoms with van der Waals surface area (Å²) in [7, 11) is 3.58. The van der Waals surface area contributed by atoms with E-state index >= 15 is 0 Å². The maximum absolute atomic E-state index is 5.75. The lowest BCUT2D eigenvalue weighted by Crippen LogP contribution is -2.61. The molecule has 0 aromatic carbocycles. The number of aromatic nitrogens is 7. The van der Waals surface area contributed by atoms with Gasteiger partial charge in [0.1, 0.15) is 29.9 Å². The van der Waals surface area contributed by atoms with Crippen molar-refractivity contribution in [2.45, 2.75) is 5.60 Å². The van der Waals surface area contributed by atoms with Crippen LogP contribution in [0.3, 0.4) is 0 Å². The molecule has 0 amide bonds. The second-order valence-electron chi connectivity index (χ2n) is 5.50. The van der Waals surface area contributed by atoms with Crippen molar-refractivity contribution in [2.24, 2.45) is 7.05 Å². The molecular weight excluding hydrogens is 296 g/mol. The minimum Gasteiger partial charge on any atom is -0.368 e. The lowest BCUT2D eigenvalue weighted by Gasteiger charge is -2.49. The summed E-state index contributed by atoms with van der Waals surface area (Å²) in [4.78, 5) is 14.8. The summed E-state index contributed by atoms with van der Waals surface area (Å²) in [5, 5.41) is 7.93. The molecule has 0 bridgehead atoms. The first kappa shape index (κ1) is 13.8.